The van der Waals surface area contributed by atoms with Crippen LogP contribution in [-0.4, -0.2) is 18.7 Å². The van der Waals surface area contributed by atoms with Crippen LogP contribution in [0.3, 0.4) is 0 Å². The Morgan fingerprint density at radius 3 is 2.37 bits per heavy atom. The first kappa shape index (κ1) is 15.3. The van der Waals surface area contributed by atoms with E-state index in [-0.39, 0.29) is 5.97 Å². The molecule has 19 heavy (non-hydrogen) atoms. The average molecular weight is 262 g/mol. The lowest BCUT2D eigenvalue weighted by Crippen LogP contribution is -2.23. The monoisotopic (exact) mass is 262 g/mol. The summed E-state index contributed by atoms with van der Waals surface area (Å²) < 4.78 is 10.1. The van der Waals surface area contributed by atoms with E-state index in [0.29, 0.717) is 5.56 Å². The molecule has 0 heterocycles. The number of ether oxygens (including phenoxy) is 2. The van der Waals surface area contributed by atoms with E-state index in [1.807, 2.05) is 51.1 Å². The standard InChI is InChI=1S/C16H22O3/c1-16(2,3)19-15(17)14-10-8-13(9-11-14)7-5-6-12-18-4/h6,8-12H,5,7H2,1-4H3/b12-6-. The number of methoxy groups -OCH3 is 1. The zero-order chi connectivity index (χ0) is 14.3. The number of hydrogen-bond acceptors (Lipinski definition) is 3. The second-order valence-electron chi connectivity index (χ2n) is 5.34. The van der Waals surface area contributed by atoms with E-state index in [4.69, 9.17) is 9.47 Å². The third-order valence-electron chi connectivity index (χ3n) is 2.42. The fourth-order valence-electron chi connectivity index (χ4n) is 1.56. The summed E-state index contributed by atoms with van der Waals surface area (Å²) in [4.78, 5) is 11.8. The van der Waals surface area contributed by atoms with Crippen molar-refractivity contribution in [3.8, 4) is 0 Å². The van der Waals surface area contributed by atoms with Crippen LogP contribution in [0.25, 0.3) is 0 Å². The van der Waals surface area contributed by atoms with Crippen LogP contribution in [0.15, 0.2) is 36.6 Å². The highest BCUT2D eigenvalue weighted by Gasteiger charge is 2.17. The van der Waals surface area contributed by atoms with Gasteiger partial charge in [-0.1, -0.05) is 12.1 Å². The van der Waals surface area contributed by atoms with Crippen LogP contribution in [-0.2, 0) is 15.9 Å². The molecule has 0 atom stereocenters. The first-order valence-electron chi connectivity index (χ1n) is 6.42. The third-order valence-corrected chi connectivity index (χ3v) is 2.42. The first-order valence-corrected chi connectivity index (χ1v) is 6.42. The second kappa shape index (κ2) is 6.98. The number of benzene rings is 1. The maximum Gasteiger partial charge on any atom is 0.338 e. The maximum atomic E-state index is 11.8. The van der Waals surface area contributed by atoms with E-state index < -0.39 is 5.60 Å². The number of carbonyl (C=O) groups is 1. The van der Waals surface area contributed by atoms with Crippen LogP contribution in [0.5, 0.6) is 0 Å². The summed E-state index contributed by atoms with van der Waals surface area (Å²) in [7, 11) is 1.63. The number of carbonyl (C=O) groups excluding carboxylic acids is 1. The summed E-state index contributed by atoms with van der Waals surface area (Å²) in [6.45, 7) is 5.59. The van der Waals surface area contributed by atoms with Gasteiger partial charge in [-0.2, -0.15) is 0 Å². The molecule has 0 aromatic heterocycles. The summed E-state index contributed by atoms with van der Waals surface area (Å²) in [6.07, 6.45) is 5.49. The van der Waals surface area contributed by atoms with Crippen molar-refractivity contribution in [2.75, 3.05) is 7.11 Å². The Labute approximate surface area is 115 Å². The molecule has 0 aliphatic rings. The van der Waals surface area contributed by atoms with E-state index in [2.05, 4.69) is 0 Å². The Morgan fingerprint density at radius 1 is 1.21 bits per heavy atom. The molecule has 0 amide bonds. The first-order chi connectivity index (χ1) is 8.92. The Hall–Kier alpha value is -1.77. The smallest absolute Gasteiger partial charge is 0.338 e. The number of allylic oxidation sites excluding steroid dienone is 1. The summed E-state index contributed by atoms with van der Waals surface area (Å²) in [5, 5.41) is 0. The molecular weight excluding hydrogens is 240 g/mol. The largest absolute Gasteiger partial charge is 0.505 e. The molecule has 0 spiro atoms. The topological polar surface area (TPSA) is 35.5 Å². The quantitative estimate of drug-likeness (QED) is 0.599. The van der Waals surface area contributed by atoms with Gasteiger partial charge in [0.15, 0.2) is 0 Å². The molecule has 1 aromatic rings. The number of esters is 1. The summed E-state index contributed by atoms with van der Waals surface area (Å²) in [5.41, 5.74) is 1.32. The van der Waals surface area contributed by atoms with Crippen molar-refractivity contribution < 1.29 is 14.3 Å². The highest BCUT2D eigenvalue weighted by molar-refractivity contribution is 5.89. The van der Waals surface area contributed by atoms with Gasteiger partial charge in [0.1, 0.15) is 5.60 Å². The van der Waals surface area contributed by atoms with E-state index in [1.54, 1.807) is 13.4 Å². The maximum absolute atomic E-state index is 11.8. The van der Waals surface area contributed by atoms with Crippen LogP contribution < -0.4 is 0 Å². The molecule has 0 saturated heterocycles. The van der Waals surface area contributed by atoms with Gasteiger partial charge >= 0.3 is 5.97 Å². The predicted molar refractivity (Wildman–Crippen MR) is 76.1 cm³/mol. The zero-order valence-corrected chi connectivity index (χ0v) is 12.1. The van der Waals surface area contributed by atoms with Crippen molar-refractivity contribution in [3.63, 3.8) is 0 Å². The van der Waals surface area contributed by atoms with E-state index in [9.17, 15) is 4.79 Å². The minimum absolute atomic E-state index is 0.279. The molecule has 0 N–H and O–H groups in total. The van der Waals surface area contributed by atoms with Crippen molar-refractivity contribution in [1.29, 1.82) is 0 Å². The van der Waals surface area contributed by atoms with Crippen molar-refractivity contribution >= 4 is 5.97 Å². The van der Waals surface area contributed by atoms with Crippen molar-refractivity contribution in [2.45, 2.75) is 39.2 Å². The van der Waals surface area contributed by atoms with Crippen molar-refractivity contribution in [1.82, 2.24) is 0 Å². The normalized spacial score (nSPS) is 11.6. The van der Waals surface area contributed by atoms with Crippen LogP contribution >= 0.6 is 0 Å². The van der Waals surface area contributed by atoms with E-state index in [1.165, 1.54) is 5.56 Å². The molecule has 1 rings (SSSR count). The molecule has 104 valence electrons. The molecule has 0 unspecified atom stereocenters. The number of aryl methyl sites for hydroxylation is 1. The SMILES string of the molecule is CO/C=C\CCc1ccc(C(=O)OC(C)(C)C)cc1. The molecule has 0 bridgehead atoms. The van der Waals surface area contributed by atoms with E-state index >= 15 is 0 Å². The minimum atomic E-state index is -0.458. The molecule has 1 aromatic carbocycles. The average Bonchev–Trinajstić information content (AvgIpc) is 2.33. The van der Waals surface area contributed by atoms with Crippen molar-refractivity contribution in [3.05, 3.63) is 47.7 Å². The minimum Gasteiger partial charge on any atom is -0.505 e. The highest BCUT2D eigenvalue weighted by Crippen LogP contribution is 2.13. The second-order valence-corrected chi connectivity index (χ2v) is 5.34. The van der Waals surface area contributed by atoms with Gasteiger partial charge in [-0.25, -0.2) is 4.79 Å². The molecule has 0 aliphatic carbocycles. The van der Waals surface area contributed by atoms with E-state index in [0.717, 1.165) is 12.8 Å². The summed E-state index contributed by atoms with van der Waals surface area (Å²) in [5.74, 6) is -0.279. The molecule has 0 aliphatic heterocycles. The third kappa shape index (κ3) is 6.09. The summed E-state index contributed by atoms with van der Waals surface area (Å²) >= 11 is 0. The Morgan fingerprint density at radius 2 is 1.84 bits per heavy atom. The lowest BCUT2D eigenvalue weighted by Gasteiger charge is -2.19. The molecule has 0 radical (unpaired) electrons. The van der Waals surface area contributed by atoms with Gasteiger partial charge < -0.3 is 9.47 Å². The van der Waals surface area contributed by atoms with Crippen LogP contribution in [0.1, 0.15) is 43.1 Å². The molecule has 0 saturated carbocycles. The van der Waals surface area contributed by atoms with Crippen LogP contribution in [0, 0.1) is 0 Å². The molecular formula is C16H22O3. The van der Waals surface area contributed by atoms with Gasteiger partial charge in [0.25, 0.3) is 0 Å². The fourth-order valence-corrected chi connectivity index (χ4v) is 1.56. The predicted octanol–water partition coefficient (Wildman–Crippen LogP) is 3.73. The zero-order valence-electron chi connectivity index (χ0n) is 12.1. The van der Waals surface area contributed by atoms with Gasteiger partial charge in [0, 0.05) is 0 Å². The summed E-state index contributed by atoms with van der Waals surface area (Å²) in [6, 6.07) is 7.53. The van der Waals surface area contributed by atoms with Gasteiger partial charge in [-0.15, -0.1) is 0 Å². The van der Waals surface area contributed by atoms with Gasteiger partial charge in [0.05, 0.1) is 18.9 Å². The Bertz CT molecular complexity index is 424. The van der Waals surface area contributed by atoms with Crippen molar-refractivity contribution in [2.24, 2.45) is 0 Å². The lowest BCUT2D eigenvalue weighted by molar-refractivity contribution is 0.00695. The fraction of sp³-hybridized carbons (Fsp3) is 0.438. The van der Waals surface area contributed by atoms with Crippen LogP contribution in [0.2, 0.25) is 0 Å². The van der Waals surface area contributed by atoms with Crippen LogP contribution in [0.4, 0.5) is 0 Å². The van der Waals surface area contributed by atoms with Gasteiger partial charge in [0.2, 0.25) is 0 Å². The number of hydrogen-bond donors (Lipinski definition) is 0. The lowest BCUT2D eigenvalue weighted by atomic mass is 10.1. The molecule has 3 nitrogen and oxygen atoms in total. The molecule has 3 heteroatoms. The van der Waals surface area contributed by atoms with Gasteiger partial charge in [-0.05, 0) is 57.4 Å². The molecule has 0 fully saturated rings. The number of rotatable bonds is 5. The van der Waals surface area contributed by atoms with Gasteiger partial charge in [-0.3, -0.25) is 0 Å². The highest BCUT2D eigenvalue weighted by atomic mass is 16.6. The Kier molecular flexibility index (Phi) is 5.61. The Balaban J connectivity index is 2.56.